The van der Waals surface area contributed by atoms with Gasteiger partial charge in [-0.1, -0.05) is 6.92 Å². The Morgan fingerprint density at radius 1 is 1.62 bits per heavy atom. The molecule has 0 bridgehead atoms. The van der Waals surface area contributed by atoms with Crippen LogP contribution < -0.4 is 0 Å². The fourth-order valence-electron chi connectivity index (χ4n) is 1.77. The molecule has 0 spiro atoms. The van der Waals surface area contributed by atoms with Gasteiger partial charge in [-0.25, -0.2) is 0 Å². The fraction of sp³-hybridized carbons (Fsp3) is 0.636. The summed E-state index contributed by atoms with van der Waals surface area (Å²) in [4.78, 5) is 0. The monoisotopic (exact) mass is 196 g/mol. The van der Waals surface area contributed by atoms with Crippen molar-refractivity contribution in [2.75, 3.05) is 0 Å². The van der Waals surface area contributed by atoms with E-state index in [1.807, 2.05) is 0 Å². The Labute approximate surface area is 83.4 Å². The van der Waals surface area contributed by atoms with Gasteiger partial charge in [0.05, 0.1) is 6.10 Å². The highest BCUT2D eigenvalue weighted by Crippen LogP contribution is 2.38. The van der Waals surface area contributed by atoms with Gasteiger partial charge < -0.3 is 5.11 Å². The van der Waals surface area contributed by atoms with Gasteiger partial charge in [0.1, 0.15) is 0 Å². The Kier molecular flexibility index (Phi) is 2.70. The second kappa shape index (κ2) is 3.81. The Morgan fingerprint density at radius 2 is 2.38 bits per heavy atom. The molecule has 0 amide bonds. The molecule has 2 atom stereocenters. The van der Waals surface area contributed by atoms with Gasteiger partial charge in [-0.3, -0.25) is 0 Å². The Morgan fingerprint density at radius 3 is 2.92 bits per heavy atom. The second-order valence-electron chi connectivity index (χ2n) is 4.10. The van der Waals surface area contributed by atoms with Crippen LogP contribution in [0.3, 0.4) is 0 Å². The summed E-state index contributed by atoms with van der Waals surface area (Å²) >= 11 is 1.71. The SMILES string of the molecule is CC(C(O)Cc1ccsc1)C1CC1. The average molecular weight is 196 g/mol. The zero-order chi connectivity index (χ0) is 9.26. The summed E-state index contributed by atoms with van der Waals surface area (Å²) in [6.45, 7) is 2.18. The largest absolute Gasteiger partial charge is 0.392 e. The number of aliphatic hydroxyl groups is 1. The lowest BCUT2D eigenvalue weighted by Crippen LogP contribution is -2.21. The summed E-state index contributed by atoms with van der Waals surface area (Å²) < 4.78 is 0. The Bertz CT molecular complexity index is 251. The minimum atomic E-state index is -0.137. The predicted molar refractivity (Wildman–Crippen MR) is 55.9 cm³/mol. The van der Waals surface area contributed by atoms with Crippen LogP contribution in [0.15, 0.2) is 16.8 Å². The number of rotatable bonds is 4. The van der Waals surface area contributed by atoms with Gasteiger partial charge in [0.25, 0.3) is 0 Å². The van der Waals surface area contributed by atoms with Crippen molar-refractivity contribution in [2.45, 2.75) is 32.3 Å². The van der Waals surface area contributed by atoms with Gasteiger partial charge in [0.2, 0.25) is 0 Å². The van der Waals surface area contributed by atoms with E-state index in [1.165, 1.54) is 18.4 Å². The maximum absolute atomic E-state index is 9.90. The third-order valence-electron chi connectivity index (χ3n) is 3.00. The zero-order valence-corrected chi connectivity index (χ0v) is 8.76. The molecule has 0 radical (unpaired) electrons. The van der Waals surface area contributed by atoms with Crippen molar-refractivity contribution in [1.82, 2.24) is 0 Å². The summed E-state index contributed by atoms with van der Waals surface area (Å²) in [5.41, 5.74) is 1.28. The highest BCUT2D eigenvalue weighted by molar-refractivity contribution is 7.07. The molecule has 0 aliphatic heterocycles. The molecule has 1 heterocycles. The second-order valence-corrected chi connectivity index (χ2v) is 4.88. The molecule has 2 rings (SSSR count). The fourth-order valence-corrected chi connectivity index (χ4v) is 2.45. The summed E-state index contributed by atoms with van der Waals surface area (Å²) in [5, 5.41) is 14.1. The van der Waals surface area contributed by atoms with Crippen molar-refractivity contribution >= 4 is 11.3 Å². The van der Waals surface area contributed by atoms with Gasteiger partial charge >= 0.3 is 0 Å². The summed E-state index contributed by atoms with van der Waals surface area (Å²) in [6, 6.07) is 2.10. The first kappa shape index (κ1) is 9.22. The highest BCUT2D eigenvalue weighted by atomic mass is 32.1. The van der Waals surface area contributed by atoms with E-state index < -0.39 is 0 Å². The average Bonchev–Trinajstić information content (AvgIpc) is 2.85. The molecule has 2 unspecified atom stereocenters. The Hall–Kier alpha value is -0.340. The summed E-state index contributed by atoms with van der Waals surface area (Å²) in [6.07, 6.45) is 3.34. The highest BCUT2D eigenvalue weighted by Gasteiger charge is 2.32. The van der Waals surface area contributed by atoms with Crippen LogP contribution in [0.5, 0.6) is 0 Å². The van der Waals surface area contributed by atoms with E-state index in [2.05, 4.69) is 23.8 Å². The summed E-state index contributed by atoms with van der Waals surface area (Å²) in [5.74, 6) is 1.29. The van der Waals surface area contributed by atoms with Crippen molar-refractivity contribution in [3.8, 4) is 0 Å². The first-order valence-electron chi connectivity index (χ1n) is 4.96. The minimum Gasteiger partial charge on any atom is -0.392 e. The molecule has 0 aromatic carbocycles. The van der Waals surface area contributed by atoms with Crippen LogP contribution in [-0.2, 0) is 6.42 Å². The third-order valence-corrected chi connectivity index (χ3v) is 3.73. The van der Waals surface area contributed by atoms with Crippen LogP contribution in [0.2, 0.25) is 0 Å². The summed E-state index contributed by atoms with van der Waals surface area (Å²) in [7, 11) is 0. The molecule has 1 N–H and O–H groups in total. The molecule has 0 saturated heterocycles. The number of aliphatic hydroxyl groups excluding tert-OH is 1. The molecule has 1 fully saturated rings. The van der Waals surface area contributed by atoms with Crippen LogP contribution >= 0.6 is 11.3 Å². The molecule has 1 aromatic heterocycles. The van der Waals surface area contributed by atoms with E-state index in [1.54, 1.807) is 11.3 Å². The normalized spacial score (nSPS) is 21.4. The van der Waals surface area contributed by atoms with Crippen molar-refractivity contribution in [1.29, 1.82) is 0 Å². The van der Waals surface area contributed by atoms with Gasteiger partial charge in [-0.15, -0.1) is 0 Å². The van der Waals surface area contributed by atoms with Crippen molar-refractivity contribution in [3.05, 3.63) is 22.4 Å². The van der Waals surface area contributed by atoms with E-state index in [4.69, 9.17) is 0 Å². The minimum absolute atomic E-state index is 0.137. The van der Waals surface area contributed by atoms with Gasteiger partial charge in [-0.2, -0.15) is 11.3 Å². The van der Waals surface area contributed by atoms with Gasteiger partial charge in [0, 0.05) is 0 Å². The van der Waals surface area contributed by atoms with Gasteiger partial charge in [-0.05, 0) is 53.5 Å². The van der Waals surface area contributed by atoms with E-state index in [-0.39, 0.29) is 6.10 Å². The molecule has 13 heavy (non-hydrogen) atoms. The zero-order valence-electron chi connectivity index (χ0n) is 7.94. The van der Waals surface area contributed by atoms with Crippen molar-refractivity contribution in [3.63, 3.8) is 0 Å². The molecule has 1 saturated carbocycles. The lowest BCUT2D eigenvalue weighted by atomic mass is 9.95. The van der Waals surface area contributed by atoms with Crippen molar-refractivity contribution in [2.24, 2.45) is 11.8 Å². The third kappa shape index (κ3) is 2.32. The first-order valence-corrected chi connectivity index (χ1v) is 5.91. The van der Waals surface area contributed by atoms with Crippen LogP contribution in [0.4, 0.5) is 0 Å². The van der Waals surface area contributed by atoms with E-state index in [0.29, 0.717) is 5.92 Å². The molecule has 1 aliphatic rings. The molecular weight excluding hydrogens is 180 g/mol. The Balaban J connectivity index is 1.86. The molecule has 1 aromatic rings. The van der Waals surface area contributed by atoms with E-state index in [0.717, 1.165) is 12.3 Å². The van der Waals surface area contributed by atoms with Crippen LogP contribution in [0, 0.1) is 11.8 Å². The van der Waals surface area contributed by atoms with Gasteiger partial charge in [0.15, 0.2) is 0 Å². The molecule has 1 aliphatic carbocycles. The predicted octanol–water partition coefficient (Wildman–Crippen LogP) is 2.70. The quantitative estimate of drug-likeness (QED) is 0.785. The molecule has 72 valence electrons. The van der Waals surface area contributed by atoms with Crippen LogP contribution in [0.1, 0.15) is 25.3 Å². The van der Waals surface area contributed by atoms with E-state index in [9.17, 15) is 5.11 Å². The standard InChI is InChI=1S/C11H16OS/c1-8(10-2-3-10)11(12)6-9-4-5-13-7-9/h4-5,7-8,10-12H,2-3,6H2,1H3. The topological polar surface area (TPSA) is 20.2 Å². The molecule has 1 nitrogen and oxygen atoms in total. The number of hydrogen-bond donors (Lipinski definition) is 1. The van der Waals surface area contributed by atoms with Crippen molar-refractivity contribution < 1.29 is 5.11 Å². The lowest BCUT2D eigenvalue weighted by Gasteiger charge is -2.17. The maximum atomic E-state index is 9.90. The smallest absolute Gasteiger partial charge is 0.0609 e. The molecule has 2 heteroatoms. The first-order chi connectivity index (χ1) is 6.27. The van der Waals surface area contributed by atoms with Crippen LogP contribution in [-0.4, -0.2) is 11.2 Å². The lowest BCUT2D eigenvalue weighted by molar-refractivity contribution is 0.105. The van der Waals surface area contributed by atoms with Crippen LogP contribution in [0.25, 0.3) is 0 Å². The molecular formula is C11H16OS. The van der Waals surface area contributed by atoms with E-state index >= 15 is 0 Å². The number of hydrogen-bond acceptors (Lipinski definition) is 2. The maximum Gasteiger partial charge on any atom is 0.0609 e. The number of thiophene rings is 1.